The second kappa shape index (κ2) is 3.88. The van der Waals surface area contributed by atoms with Gasteiger partial charge in [0.2, 0.25) is 4.96 Å². The fourth-order valence-electron chi connectivity index (χ4n) is 1.72. The maximum atomic E-state index is 11.3. The molecule has 0 saturated heterocycles. The Labute approximate surface area is 111 Å². The van der Waals surface area contributed by atoms with Gasteiger partial charge in [-0.1, -0.05) is 52.9 Å². The molecule has 0 amide bonds. The summed E-state index contributed by atoms with van der Waals surface area (Å²) in [5.41, 5.74) is 1.22. The van der Waals surface area contributed by atoms with Crippen LogP contribution < -0.4 is 0 Å². The number of carbonyl (C=O) groups excluding carboxylic acids is 1. The van der Waals surface area contributed by atoms with Crippen LogP contribution in [-0.2, 0) is 10.8 Å². The number of carbonyl (C=O) groups is 1. The van der Waals surface area contributed by atoms with Crippen molar-refractivity contribution in [2.24, 2.45) is 0 Å². The molecule has 0 bridgehead atoms. The molecule has 5 heteroatoms. The maximum absolute atomic E-state index is 11.3. The first-order chi connectivity index (χ1) is 8.14. The highest BCUT2D eigenvalue weighted by Crippen LogP contribution is 2.31. The van der Waals surface area contributed by atoms with E-state index in [0.29, 0.717) is 5.69 Å². The van der Waals surface area contributed by atoms with Gasteiger partial charge in [-0.3, -0.25) is 4.79 Å². The van der Waals surface area contributed by atoms with Gasteiger partial charge in [-0.25, -0.2) is 4.98 Å². The molecule has 0 spiro atoms. The number of imidazole rings is 1. The van der Waals surface area contributed by atoms with Crippen LogP contribution in [-0.4, -0.2) is 20.9 Å². The summed E-state index contributed by atoms with van der Waals surface area (Å²) in [6.07, 6.45) is 0.854. The van der Waals surface area contributed by atoms with Crippen LogP contribution in [0.3, 0.4) is 0 Å². The number of fused-ring (bicyclic) bond motifs is 1. The zero-order valence-corrected chi connectivity index (χ0v) is 12.6. The lowest BCUT2D eigenvalue weighted by atomic mass is 9.91. The van der Waals surface area contributed by atoms with Gasteiger partial charge in [0, 0.05) is 10.8 Å². The SMILES string of the molecule is CC(C)(C)c1nn2c(C=O)c(C(C)(C)C)nc2s1. The summed E-state index contributed by atoms with van der Waals surface area (Å²) in [6, 6.07) is 0. The van der Waals surface area contributed by atoms with Crippen LogP contribution in [0.4, 0.5) is 0 Å². The van der Waals surface area contributed by atoms with Crippen LogP contribution >= 0.6 is 11.3 Å². The maximum Gasteiger partial charge on any atom is 0.213 e. The molecule has 0 unspecified atom stereocenters. The van der Waals surface area contributed by atoms with Crippen LogP contribution in [0.15, 0.2) is 0 Å². The Balaban J connectivity index is 2.69. The van der Waals surface area contributed by atoms with Crippen molar-refractivity contribution < 1.29 is 4.79 Å². The van der Waals surface area contributed by atoms with Gasteiger partial charge < -0.3 is 0 Å². The third-order valence-corrected chi connectivity index (χ3v) is 4.04. The van der Waals surface area contributed by atoms with E-state index in [9.17, 15) is 4.79 Å². The Morgan fingerprint density at radius 3 is 2.17 bits per heavy atom. The highest BCUT2D eigenvalue weighted by molar-refractivity contribution is 7.16. The van der Waals surface area contributed by atoms with E-state index in [1.807, 2.05) is 0 Å². The summed E-state index contributed by atoms with van der Waals surface area (Å²) in [6.45, 7) is 12.5. The molecule has 2 aromatic rings. The minimum atomic E-state index is -0.147. The van der Waals surface area contributed by atoms with Crippen LogP contribution in [0.2, 0.25) is 0 Å². The molecule has 0 N–H and O–H groups in total. The first kappa shape index (κ1) is 13.2. The predicted octanol–water partition coefficient (Wildman–Crippen LogP) is 3.20. The van der Waals surface area contributed by atoms with Gasteiger partial charge in [0.05, 0.1) is 5.69 Å². The first-order valence-electron chi connectivity index (χ1n) is 6.00. The summed E-state index contributed by atoms with van der Waals surface area (Å²) in [5, 5.41) is 5.52. The van der Waals surface area contributed by atoms with Crippen LogP contribution in [0.5, 0.6) is 0 Å². The average Bonchev–Trinajstić information content (AvgIpc) is 2.69. The van der Waals surface area contributed by atoms with E-state index in [2.05, 4.69) is 51.6 Å². The summed E-state index contributed by atoms with van der Waals surface area (Å²) in [4.78, 5) is 16.7. The highest BCUT2D eigenvalue weighted by atomic mass is 32.1. The third kappa shape index (κ3) is 2.07. The Morgan fingerprint density at radius 1 is 1.11 bits per heavy atom. The molecule has 0 saturated carbocycles. The average molecular weight is 265 g/mol. The Hall–Kier alpha value is -1.23. The molecule has 98 valence electrons. The first-order valence-corrected chi connectivity index (χ1v) is 6.82. The van der Waals surface area contributed by atoms with E-state index in [0.717, 1.165) is 21.9 Å². The zero-order valence-electron chi connectivity index (χ0n) is 11.7. The topological polar surface area (TPSA) is 47.3 Å². The van der Waals surface area contributed by atoms with Gasteiger partial charge in [-0.2, -0.15) is 9.61 Å². The molecular formula is C13H19N3OS. The number of nitrogens with zero attached hydrogens (tertiary/aromatic N) is 3. The molecule has 0 fully saturated rings. The van der Waals surface area contributed by atoms with Crippen molar-refractivity contribution >= 4 is 22.6 Å². The van der Waals surface area contributed by atoms with Crippen molar-refractivity contribution in [3.8, 4) is 0 Å². The normalized spacial score (nSPS) is 13.2. The molecule has 4 nitrogen and oxygen atoms in total. The van der Waals surface area contributed by atoms with Gasteiger partial charge in [0.25, 0.3) is 0 Å². The Kier molecular flexibility index (Phi) is 2.85. The third-order valence-electron chi connectivity index (χ3n) is 2.70. The van der Waals surface area contributed by atoms with Crippen LogP contribution in [0.25, 0.3) is 4.96 Å². The second-order valence-electron chi connectivity index (χ2n) is 6.57. The van der Waals surface area contributed by atoms with E-state index in [1.54, 1.807) is 15.9 Å². The lowest BCUT2D eigenvalue weighted by molar-refractivity contribution is 0.111. The molecule has 0 aliphatic heterocycles. The van der Waals surface area contributed by atoms with Crippen LogP contribution in [0, 0.1) is 0 Å². The van der Waals surface area contributed by atoms with Crippen molar-refractivity contribution in [3.05, 3.63) is 16.4 Å². The highest BCUT2D eigenvalue weighted by Gasteiger charge is 2.27. The fourth-order valence-corrected chi connectivity index (χ4v) is 2.69. The van der Waals surface area contributed by atoms with Gasteiger partial charge in [-0.05, 0) is 0 Å². The zero-order chi connectivity index (χ0) is 13.7. The molecular weight excluding hydrogens is 246 g/mol. The monoisotopic (exact) mass is 265 g/mol. The van der Waals surface area contributed by atoms with Crippen molar-refractivity contribution in [2.75, 3.05) is 0 Å². The molecule has 2 rings (SSSR count). The predicted molar refractivity (Wildman–Crippen MR) is 73.7 cm³/mol. The summed E-state index contributed by atoms with van der Waals surface area (Å²) in [7, 11) is 0. The second-order valence-corrected chi connectivity index (χ2v) is 7.52. The minimum absolute atomic E-state index is 0.0204. The lowest BCUT2D eigenvalue weighted by Gasteiger charge is -2.16. The molecule has 0 atom stereocenters. The van der Waals surface area contributed by atoms with Crippen molar-refractivity contribution in [3.63, 3.8) is 0 Å². The standard InChI is InChI=1S/C13H19N3OS/c1-12(2,3)9-8(7-17)16-11(14-9)18-10(15-16)13(4,5)6/h7H,1-6H3. The van der Waals surface area contributed by atoms with Crippen molar-refractivity contribution in [2.45, 2.75) is 52.4 Å². The van der Waals surface area contributed by atoms with Crippen molar-refractivity contribution in [1.29, 1.82) is 0 Å². The minimum Gasteiger partial charge on any atom is -0.296 e. The quantitative estimate of drug-likeness (QED) is 0.744. The molecule has 0 aliphatic rings. The molecule has 0 radical (unpaired) electrons. The van der Waals surface area contributed by atoms with E-state index in [1.165, 1.54) is 0 Å². The summed E-state index contributed by atoms with van der Waals surface area (Å²) >= 11 is 1.55. The smallest absolute Gasteiger partial charge is 0.213 e. The summed E-state index contributed by atoms with van der Waals surface area (Å²) < 4.78 is 1.68. The largest absolute Gasteiger partial charge is 0.296 e. The van der Waals surface area contributed by atoms with E-state index >= 15 is 0 Å². The molecule has 0 aromatic carbocycles. The van der Waals surface area contributed by atoms with Crippen LogP contribution in [0.1, 0.15) is 62.7 Å². The van der Waals surface area contributed by atoms with E-state index in [4.69, 9.17) is 0 Å². The number of aromatic nitrogens is 3. The van der Waals surface area contributed by atoms with Crippen molar-refractivity contribution in [1.82, 2.24) is 14.6 Å². The number of hydrogen-bond acceptors (Lipinski definition) is 4. The Bertz CT molecular complexity index is 596. The van der Waals surface area contributed by atoms with Gasteiger partial charge in [0.15, 0.2) is 6.29 Å². The van der Waals surface area contributed by atoms with Gasteiger partial charge in [0.1, 0.15) is 10.7 Å². The molecule has 2 aromatic heterocycles. The Morgan fingerprint density at radius 2 is 1.72 bits per heavy atom. The fraction of sp³-hybridized carbons (Fsp3) is 0.615. The van der Waals surface area contributed by atoms with Gasteiger partial charge in [-0.15, -0.1) is 0 Å². The molecule has 18 heavy (non-hydrogen) atoms. The lowest BCUT2D eigenvalue weighted by Crippen LogP contribution is -2.16. The number of rotatable bonds is 1. The summed E-state index contributed by atoms with van der Waals surface area (Å²) in [5.74, 6) is 0. The van der Waals surface area contributed by atoms with Gasteiger partial charge >= 0.3 is 0 Å². The molecule has 0 aliphatic carbocycles. The van der Waals surface area contributed by atoms with E-state index < -0.39 is 0 Å². The molecule has 2 heterocycles. The number of hydrogen-bond donors (Lipinski definition) is 0. The number of aldehydes is 1. The van der Waals surface area contributed by atoms with E-state index in [-0.39, 0.29) is 10.8 Å².